The van der Waals surface area contributed by atoms with Gasteiger partial charge in [-0.25, -0.2) is 9.98 Å². The van der Waals surface area contributed by atoms with Crippen molar-refractivity contribution in [1.29, 1.82) is 0 Å². The van der Waals surface area contributed by atoms with E-state index in [4.69, 9.17) is 0 Å². The van der Waals surface area contributed by atoms with Crippen LogP contribution in [0.4, 0.5) is 0 Å². The van der Waals surface area contributed by atoms with E-state index in [9.17, 15) is 9.59 Å². The lowest BCUT2D eigenvalue weighted by Gasteiger charge is -2.01. The van der Waals surface area contributed by atoms with Crippen molar-refractivity contribution < 1.29 is 9.59 Å². The Morgan fingerprint density at radius 3 is 1.44 bits per heavy atom. The summed E-state index contributed by atoms with van der Waals surface area (Å²) in [5.41, 5.74) is 0.557. The average molecular weight is 214 g/mol. The zero-order valence-electron chi connectivity index (χ0n) is 8.69. The van der Waals surface area contributed by atoms with Crippen molar-refractivity contribution in [1.82, 2.24) is 0 Å². The Balaban J connectivity index is 3.53. The van der Waals surface area contributed by atoms with Gasteiger partial charge in [0.05, 0.1) is 0 Å². The molecule has 0 fully saturated rings. The van der Waals surface area contributed by atoms with Gasteiger partial charge in [-0.05, 0) is 36.0 Å². The largest absolute Gasteiger partial charge is 0.276 e. The Morgan fingerprint density at radius 1 is 0.875 bits per heavy atom. The Kier molecular flexibility index (Phi) is 3.25. The highest BCUT2D eigenvalue weighted by molar-refractivity contribution is 6.00. The van der Waals surface area contributed by atoms with Gasteiger partial charge in [0.2, 0.25) is 0 Å². The normalized spacial score (nSPS) is 9.50. The Morgan fingerprint density at radius 2 is 1.19 bits per heavy atom. The SMILES string of the molecule is C=NC(=O)c1ccc(C(=O)N=C)c(=C)c1=C. The molecule has 16 heavy (non-hydrogen) atoms. The number of carbonyl (C=O) groups excluding carboxylic acids is 2. The molecule has 4 heteroatoms. The van der Waals surface area contributed by atoms with Gasteiger partial charge in [-0.2, -0.15) is 0 Å². The van der Waals surface area contributed by atoms with Crippen LogP contribution in [0.1, 0.15) is 20.7 Å². The van der Waals surface area contributed by atoms with Crippen LogP contribution in [-0.2, 0) is 0 Å². The number of amides is 2. The minimum Gasteiger partial charge on any atom is -0.267 e. The quantitative estimate of drug-likeness (QED) is 0.660. The lowest BCUT2D eigenvalue weighted by Crippen LogP contribution is -2.32. The summed E-state index contributed by atoms with van der Waals surface area (Å²) in [6.07, 6.45) is 0. The van der Waals surface area contributed by atoms with E-state index in [0.717, 1.165) is 0 Å². The minimum atomic E-state index is -0.500. The van der Waals surface area contributed by atoms with Crippen molar-refractivity contribution in [3.63, 3.8) is 0 Å². The van der Waals surface area contributed by atoms with E-state index in [-0.39, 0.29) is 11.1 Å². The molecule has 0 atom stereocenters. The molecule has 1 aromatic rings. The topological polar surface area (TPSA) is 58.9 Å². The molecule has 0 aliphatic heterocycles. The van der Waals surface area contributed by atoms with Crippen LogP contribution >= 0.6 is 0 Å². The van der Waals surface area contributed by atoms with Crippen LogP contribution in [0.15, 0.2) is 22.1 Å². The zero-order valence-corrected chi connectivity index (χ0v) is 8.69. The van der Waals surface area contributed by atoms with Gasteiger partial charge in [0, 0.05) is 11.1 Å². The van der Waals surface area contributed by atoms with Crippen LogP contribution in [-0.4, -0.2) is 25.2 Å². The van der Waals surface area contributed by atoms with E-state index < -0.39 is 11.8 Å². The molecule has 80 valence electrons. The van der Waals surface area contributed by atoms with Crippen LogP contribution in [0.25, 0.3) is 13.2 Å². The van der Waals surface area contributed by atoms with Crippen molar-refractivity contribution in [2.75, 3.05) is 0 Å². The Hall–Kier alpha value is -2.36. The van der Waals surface area contributed by atoms with Gasteiger partial charge in [-0.1, -0.05) is 13.2 Å². The fourth-order valence-electron chi connectivity index (χ4n) is 1.26. The fourth-order valence-corrected chi connectivity index (χ4v) is 1.26. The maximum Gasteiger partial charge on any atom is 0.276 e. The van der Waals surface area contributed by atoms with Crippen molar-refractivity contribution in [3.8, 4) is 0 Å². The Labute approximate surface area is 92.4 Å². The first kappa shape index (κ1) is 11.7. The fraction of sp³-hybridized carbons (Fsp3) is 0. The molecule has 2 amide bonds. The van der Waals surface area contributed by atoms with Crippen molar-refractivity contribution in [2.45, 2.75) is 0 Å². The first-order valence-electron chi connectivity index (χ1n) is 4.36. The minimum absolute atomic E-state index is 0.278. The van der Waals surface area contributed by atoms with E-state index in [2.05, 4.69) is 36.6 Å². The molecule has 0 N–H and O–H groups in total. The van der Waals surface area contributed by atoms with E-state index in [1.807, 2.05) is 0 Å². The number of hydrogen-bond acceptors (Lipinski definition) is 2. The standard InChI is InChI=1S/C12H10N2O2/c1-7-8(2)10(12(16)14-4)6-5-9(7)11(15)13-3/h5-6H,1-4H2. The highest BCUT2D eigenvalue weighted by Gasteiger charge is 2.09. The van der Waals surface area contributed by atoms with Crippen molar-refractivity contribution in [3.05, 3.63) is 33.7 Å². The molecule has 0 heterocycles. The number of rotatable bonds is 2. The van der Waals surface area contributed by atoms with Gasteiger partial charge in [-0.3, -0.25) is 9.59 Å². The molecule has 0 radical (unpaired) electrons. The molecule has 0 unspecified atom stereocenters. The summed E-state index contributed by atoms with van der Waals surface area (Å²) in [4.78, 5) is 29.2. The predicted molar refractivity (Wildman–Crippen MR) is 64.5 cm³/mol. The van der Waals surface area contributed by atoms with Crippen LogP contribution in [0, 0.1) is 0 Å². The highest BCUT2D eigenvalue weighted by Crippen LogP contribution is 1.97. The number of aliphatic imine (C=N–C) groups is 2. The summed E-state index contributed by atoms with van der Waals surface area (Å²) in [6.45, 7) is 13.6. The monoisotopic (exact) mass is 214 g/mol. The lowest BCUT2D eigenvalue weighted by molar-refractivity contribution is 0.0990. The number of hydrogen-bond donors (Lipinski definition) is 0. The predicted octanol–water partition coefficient (Wildman–Crippen LogP) is 0.189. The molecule has 0 saturated carbocycles. The molecule has 0 spiro atoms. The molecule has 0 aliphatic rings. The summed E-state index contributed by atoms with van der Waals surface area (Å²) in [7, 11) is 0. The second kappa shape index (κ2) is 4.44. The molecular formula is C12H10N2O2. The molecule has 1 rings (SSSR count). The second-order valence-electron chi connectivity index (χ2n) is 3.04. The maximum atomic E-state index is 11.3. The average Bonchev–Trinajstić information content (AvgIpc) is 2.30. The van der Waals surface area contributed by atoms with Crippen LogP contribution < -0.4 is 10.4 Å². The maximum absolute atomic E-state index is 11.3. The van der Waals surface area contributed by atoms with E-state index in [1.54, 1.807) is 0 Å². The summed E-state index contributed by atoms with van der Waals surface area (Å²) < 4.78 is 0. The number of nitrogens with zero attached hydrogens (tertiary/aromatic N) is 2. The van der Waals surface area contributed by atoms with Gasteiger partial charge in [-0.15, -0.1) is 0 Å². The molecule has 0 aliphatic carbocycles. The number of benzene rings is 1. The van der Waals surface area contributed by atoms with Gasteiger partial charge in [0.1, 0.15) is 0 Å². The molecule has 4 nitrogen and oxygen atoms in total. The summed E-state index contributed by atoms with van der Waals surface area (Å²) in [5.74, 6) is -0.999. The molecule has 1 aromatic carbocycles. The van der Waals surface area contributed by atoms with Crippen LogP contribution in [0.2, 0.25) is 0 Å². The van der Waals surface area contributed by atoms with Crippen LogP contribution in [0.5, 0.6) is 0 Å². The van der Waals surface area contributed by atoms with Crippen molar-refractivity contribution >= 4 is 38.4 Å². The summed E-state index contributed by atoms with van der Waals surface area (Å²) in [6, 6.07) is 2.90. The van der Waals surface area contributed by atoms with Gasteiger partial charge < -0.3 is 0 Å². The second-order valence-corrected chi connectivity index (χ2v) is 3.04. The molecule has 0 saturated heterocycles. The third-order valence-electron chi connectivity index (χ3n) is 2.18. The summed E-state index contributed by atoms with van der Waals surface area (Å²) in [5, 5.41) is 0.707. The van der Waals surface area contributed by atoms with Gasteiger partial charge >= 0.3 is 0 Å². The third-order valence-corrected chi connectivity index (χ3v) is 2.18. The van der Waals surface area contributed by atoms with E-state index in [1.165, 1.54) is 12.1 Å². The summed E-state index contributed by atoms with van der Waals surface area (Å²) >= 11 is 0. The molecule has 0 aromatic heterocycles. The van der Waals surface area contributed by atoms with E-state index >= 15 is 0 Å². The number of carbonyl (C=O) groups is 2. The van der Waals surface area contributed by atoms with E-state index in [0.29, 0.717) is 10.4 Å². The highest BCUT2D eigenvalue weighted by atomic mass is 16.1. The molecule has 0 bridgehead atoms. The molecular weight excluding hydrogens is 204 g/mol. The first-order chi connectivity index (χ1) is 7.52. The lowest BCUT2D eigenvalue weighted by atomic mass is 10.1. The third kappa shape index (κ3) is 1.86. The van der Waals surface area contributed by atoms with Crippen LogP contribution in [0.3, 0.4) is 0 Å². The van der Waals surface area contributed by atoms with Gasteiger partial charge in [0.25, 0.3) is 11.8 Å². The smallest absolute Gasteiger partial charge is 0.267 e. The first-order valence-corrected chi connectivity index (χ1v) is 4.36. The Bertz CT molecular complexity index is 535. The zero-order chi connectivity index (χ0) is 12.3. The van der Waals surface area contributed by atoms with Gasteiger partial charge in [0.15, 0.2) is 0 Å². The van der Waals surface area contributed by atoms with Crippen molar-refractivity contribution in [2.24, 2.45) is 9.98 Å².